The van der Waals surface area contributed by atoms with Gasteiger partial charge in [-0.1, -0.05) is 42.5 Å². The molecule has 4 nitrogen and oxygen atoms in total. The third-order valence-electron chi connectivity index (χ3n) is 3.05. The van der Waals surface area contributed by atoms with Crippen molar-refractivity contribution in [3.63, 3.8) is 0 Å². The van der Waals surface area contributed by atoms with Crippen molar-refractivity contribution < 1.29 is 9.59 Å². The van der Waals surface area contributed by atoms with Crippen LogP contribution in [0.4, 0.5) is 0 Å². The average Bonchev–Trinajstić information content (AvgIpc) is 2.54. The molecule has 0 aliphatic rings. The van der Waals surface area contributed by atoms with Gasteiger partial charge in [0.1, 0.15) is 0 Å². The van der Waals surface area contributed by atoms with Crippen LogP contribution < -0.4 is 10.9 Å². The zero-order chi connectivity index (χ0) is 15.8. The van der Waals surface area contributed by atoms with Crippen LogP contribution in [0.3, 0.4) is 0 Å². The number of carbonyl (C=O) groups is 2. The summed E-state index contributed by atoms with van der Waals surface area (Å²) in [4.78, 5) is 23.7. The smallest absolute Gasteiger partial charge is 0.269 e. The third-order valence-corrected chi connectivity index (χ3v) is 3.67. The van der Waals surface area contributed by atoms with E-state index in [4.69, 9.17) is 0 Å². The molecule has 0 bridgehead atoms. The number of rotatable bonds is 5. The highest BCUT2D eigenvalue weighted by molar-refractivity contribution is 7.97. The van der Waals surface area contributed by atoms with E-state index in [1.54, 1.807) is 23.9 Å². The summed E-state index contributed by atoms with van der Waals surface area (Å²) in [5, 5.41) is 0. The van der Waals surface area contributed by atoms with Gasteiger partial charge in [-0.05, 0) is 29.5 Å². The van der Waals surface area contributed by atoms with Crippen molar-refractivity contribution in [1.82, 2.24) is 10.9 Å². The van der Waals surface area contributed by atoms with Crippen LogP contribution in [0.25, 0.3) is 0 Å². The fourth-order valence-electron chi connectivity index (χ4n) is 1.94. The second-order valence-corrected chi connectivity index (χ2v) is 5.66. The lowest BCUT2D eigenvalue weighted by Gasteiger charge is -2.08. The third kappa shape index (κ3) is 4.93. The molecule has 5 heteroatoms. The van der Waals surface area contributed by atoms with E-state index in [2.05, 4.69) is 10.9 Å². The Balaban J connectivity index is 1.83. The maximum Gasteiger partial charge on any atom is 0.269 e. The molecule has 0 fully saturated rings. The van der Waals surface area contributed by atoms with Gasteiger partial charge in [-0.2, -0.15) is 11.8 Å². The van der Waals surface area contributed by atoms with Gasteiger partial charge in [0.2, 0.25) is 5.91 Å². The summed E-state index contributed by atoms with van der Waals surface area (Å²) in [6, 6.07) is 16.7. The molecule has 0 aliphatic carbocycles. The molecule has 0 unspecified atom stereocenters. The maximum atomic E-state index is 11.9. The average molecular weight is 314 g/mol. The maximum absolute atomic E-state index is 11.9. The van der Waals surface area contributed by atoms with Crippen LogP contribution >= 0.6 is 11.8 Å². The summed E-state index contributed by atoms with van der Waals surface area (Å²) >= 11 is 1.73. The Labute approximate surface area is 134 Å². The highest BCUT2D eigenvalue weighted by Crippen LogP contribution is 2.10. The lowest BCUT2D eigenvalue weighted by Crippen LogP contribution is -2.42. The normalized spacial score (nSPS) is 10.0. The summed E-state index contributed by atoms with van der Waals surface area (Å²) in [6.45, 7) is 0. The zero-order valence-corrected chi connectivity index (χ0v) is 13.2. The highest BCUT2D eigenvalue weighted by atomic mass is 32.2. The molecule has 2 N–H and O–H groups in total. The standard InChI is InChI=1S/C17H18N2O2S/c1-22-12-14-7-9-15(10-8-14)17(21)19-18-16(20)11-13-5-3-2-4-6-13/h2-10H,11-12H2,1H3,(H,18,20)(H,19,21). The summed E-state index contributed by atoms with van der Waals surface area (Å²) in [5.41, 5.74) is 7.43. The minimum absolute atomic E-state index is 0.230. The Kier molecular flexibility index (Phi) is 6.03. The van der Waals surface area contributed by atoms with Gasteiger partial charge in [0.25, 0.3) is 5.91 Å². The van der Waals surface area contributed by atoms with E-state index in [0.29, 0.717) is 5.56 Å². The lowest BCUT2D eigenvalue weighted by atomic mass is 10.1. The summed E-state index contributed by atoms with van der Waals surface area (Å²) < 4.78 is 0. The first-order chi connectivity index (χ1) is 10.7. The van der Waals surface area contributed by atoms with Gasteiger partial charge in [0.15, 0.2) is 0 Å². The molecule has 0 aliphatic heterocycles. The highest BCUT2D eigenvalue weighted by Gasteiger charge is 2.07. The van der Waals surface area contributed by atoms with Crippen molar-refractivity contribution in [1.29, 1.82) is 0 Å². The molecule has 22 heavy (non-hydrogen) atoms. The molecule has 2 rings (SSSR count). The first-order valence-electron chi connectivity index (χ1n) is 6.90. The van der Waals surface area contributed by atoms with Gasteiger partial charge in [-0.15, -0.1) is 0 Å². The Morgan fingerprint density at radius 1 is 0.909 bits per heavy atom. The summed E-state index contributed by atoms with van der Waals surface area (Å²) in [7, 11) is 0. The van der Waals surface area contributed by atoms with E-state index in [1.165, 1.54) is 0 Å². The predicted octanol–water partition coefficient (Wildman–Crippen LogP) is 2.55. The molecular formula is C17H18N2O2S. The quantitative estimate of drug-likeness (QED) is 0.834. The van der Waals surface area contributed by atoms with Gasteiger partial charge >= 0.3 is 0 Å². The van der Waals surface area contributed by atoms with Gasteiger partial charge < -0.3 is 0 Å². The molecule has 2 amide bonds. The van der Waals surface area contributed by atoms with Crippen molar-refractivity contribution in [2.24, 2.45) is 0 Å². The van der Waals surface area contributed by atoms with E-state index in [-0.39, 0.29) is 18.2 Å². The molecule has 0 heterocycles. The second-order valence-electron chi connectivity index (χ2n) is 4.79. The Morgan fingerprint density at radius 3 is 2.23 bits per heavy atom. The fourth-order valence-corrected chi connectivity index (χ4v) is 2.47. The molecule has 2 aromatic rings. The Bertz CT molecular complexity index is 627. The topological polar surface area (TPSA) is 58.2 Å². The number of thioether (sulfide) groups is 1. The van der Waals surface area contributed by atoms with Gasteiger partial charge in [-0.3, -0.25) is 20.4 Å². The van der Waals surface area contributed by atoms with E-state index in [1.807, 2.05) is 48.7 Å². The van der Waals surface area contributed by atoms with Crippen molar-refractivity contribution in [3.05, 3.63) is 71.3 Å². The Hall–Kier alpha value is -2.27. The van der Waals surface area contributed by atoms with Crippen LogP contribution in [0.2, 0.25) is 0 Å². The molecular weight excluding hydrogens is 296 g/mol. The van der Waals surface area contributed by atoms with E-state index < -0.39 is 0 Å². The largest absolute Gasteiger partial charge is 0.273 e. The first-order valence-corrected chi connectivity index (χ1v) is 8.29. The monoisotopic (exact) mass is 314 g/mol. The van der Waals surface area contributed by atoms with Crippen LogP contribution in [-0.4, -0.2) is 18.1 Å². The molecule has 0 spiro atoms. The van der Waals surface area contributed by atoms with E-state index in [9.17, 15) is 9.59 Å². The minimum atomic E-state index is -0.322. The molecule has 0 saturated heterocycles. The summed E-state index contributed by atoms with van der Waals surface area (Å²) in [5.74, 6) is 0.339. The van der Waals surface area contributed by atoms with Crippen LogP contribution in [0, 0.1) is 0 Å². The number of nitrogens with one attached hydrogen (secondary N) is 2. The molecule has 2 aromatic carbocycles. The van der Waals surface area contributed by atoms with Crippen LogP contribution in [0.5, 0.6) is 0 Å². The van der Waals surface area contributed by atoms with Gasteiger partial charge in [-0.25, -0.2) is 0 Å². The van der Waals surface area contributed by atoms with Gasteiger partial charge in [0.05, 0.1) is 6.42 Å². The van der Waals surface area contributed by atoms with Crippen molar-refractivity contribution in [2.75, 3.05) is 6.26 Å². The minimum Gasteiger partial charge on any atom is -0.273 e. The SMILES string of the molecule is CSCc1ccc(C(=O)NNC(=O)Cc2ccccc2)cc1. The van der Waals surface area contributed by atoms with Crippen molar-refractivity contribution >= 4 is 23.6 Å². The number of carbonyl (C=O) groups excluding carboxylic acids is 2. The number of benzene rings is 2. The summed E-state index contributed by atoms with van der Waals surface area (Å²) in [6.07, 6.45) is 2.26. The molecule has 114 valence electrons. The predicted molar refractivity (Wildman–Crippen MR) is 89.4 cm³/mol. The number of hydrazine groups is 1. The number of hydrogen-bond acceptors (Lipinski definition) is 3. The van der Waals surface area contributed by atoms with Crippen LogP contribution in [0.15, 0.2) is 54.6 Å². The fraction of sp³-hybridized carbons (Fsp3) is 0.176. The van der Waals surface area contributed by atoms with Gasteiger partial charge in [0, 0.05) is 11.3 Å². The molecule has 0 aromatic heterocycles. The van der Waals surface area contributed by atoms with E-state index in [0.717, 1.165) is 16.9 Å². The van der Waals surface area contributed by atoms with Crippen molar-refractivity contribution in [3.8, 4) is 0 Å². The second kappa shape index (κ2) is 8.24. The van der Waals surface area contributed by atoms with Crippen LogP contribution in [0.1, 0.15) is 21.5 Å². The number of amides is 2. The molecule has 0 radical (unpaired) electrons. The molecule has 0 saturated carbocycles. The van der Waals surface area contributed by atoms with E-state index >= 15 is 0 Å². The van der Waals surface area contributed by atoms with Crippen molar-refractivity contribution in [2.45, 2.75) is 12.2 Å². The molecule has 0 atom stereocenters. The zero-order valence-electron chi connectivity index (χ0n) is 12.3. The number of hydrogen-bond donors (Lipinski definition) is 2. The lowest BCUT2D eigenvalue weighted by molar-refractivity contribution is -0.121. The Morgan fingerprint density at radius 2 is 1.59 bits per heavy atom. The first kappa shape index (κ1) is 16.1. The van der Waals surface area contributed by atoms with Crippen LogP contribution in [-0.2, 0) is 17.0 Å².